The maximum Gasteiger partial charge on any atom is 0.140 e. The summed E-state index contributed by atoms with van der Waals surface area (Å²) in [5, 5.41) is 0. The third kappa shape index (κ3) is 3.24. The van der Waals surface area contributed by atoms with E-state index in [1.807, 2.05) is 12.1 Å². The highest BCUT2D eigenvalue weighted by molar-refractivity contribution is 6.02. The first-order valence-electron chi connectivity index (χ1n) is 9.79. The number of Topliss-reactive ketones (excluding diaryl/α,β-unsaturated/α-hetero) is 1. The molecule has 2 atom stereocenters. The van der Waals surface area contributed by atoms with Crippen molar-refractivity contribution in [3.05, 3.63) is 71.3 Å². The van der Waals surface area contributed by atoms with Gasteiger partial charge >= 0.3 is 0 Å². The van der Waals surface area contributed by atoms with Gasteiger partial charge in [-0.2, -0.15) is 0 Å². The van der Waals surface area contributed by atoms with E-state index in [-0.39, 0.29) is 28.8 Å². The molecule has 2 aliphatic rings. The fraction of sp³-hybridized carbons (Fsp3) is 0.375. The summed E-state index contributed by atoms with van der Waals surface area (Å²) in [6.07, 6.45) is 4.99. The molecule has 0 aliphatic heterocycles. The van der Waals surface area contributed by atoms with Crippen LogP contribution < -0.4 is 0 Å². The molecule has 4 rings (SSSR count). The number of carbonyl (C=O) groups is 1. The van der Waals surface area contributed by atoms with Crippen LogP contribution in [0.25, 0.3) is 11.1 Å². The standard InChI is InChI=1S/C24H24F2O/c1-2-24-11-5-10-22(24)23(27)14-20(16-6-3-8-18(25)12-16)21(15-24)17-7-4-9-19(26)13-17/h3-4,6-9,12-13,22H,2,5,10-11,14-15H2,1H3/t22-,24+/m0/s1. The fourth-order valence-electron chi connectivity index (χ4n) is 5.17. The second kappa shape index (κ2) is 7.03. The molecule has 1 fully saturated rings. The number of rotatable bonds is 3. The van der Waals surface area contributed by atoms with Gasteiger partial charge in [0.1, 0.15) is 17.4 Å². The number of hydrogen-bond donors (Lipinski definition) is 0. The molecule has 2 aromatic rings. The van der Waals surface area contributed by atoms with E-state index in [0.717, 1.165) is 54.4 Å². The van der Waals surface area contributed by atoms with E-state index in [2.05, 4.69) is 6.92 Å². The van der Waals surface area contributed by atoms with Crippen molar-refractivity contribution >= 4 is 16.9 Å². The zero-order chi connectivity index (χ0) is 19.0. The Labute approximate surface area is 159 Å². The van der Waals surface area contributed by atoms with Crippen LogP contribution in [0, 0.1) is 23.0 Å². The van der Waals surface area contributed by atoms with E-state index in [1.54, 1.807) is 12.1 Å². The van der Waals surface area contributed by atoms with E-state index in [4.69, 9.17) is 0 Å². The highest BCUT2D eigenvalue weighted by Crippen LogP contribution is 2.55. The van der Waals surface area contributed by atoms with Crippen LogP contribution in [-0.2, 0) is 4.79 Å². The topological polar surface area (TPSA) is 17.1 Å². The molecule has 1 nitrogen and oxygen atoms in total. The van der Waals surface area contributed by atoms with Crippen LogP contribution >= 0.6 is 0 Å². The number of ketones is 1. The molecule has 0 amide bonds. The third-order valence-electron chi connectivity index (χ3n) is 6.59. The Balaban J connectivity index is 1.94. The highest BCUT2D eigenvalue weighted by Gasteiger charge is 2.47. The van der Waals surface area contributed by atoms with Crippen LogP contribution in [-0.4, -0.2) is 5.78 Å². The number of fused-ring (bicyclic) bond motifs is 1. The van der Waals surface area contributed by atoms with Crippen LogP contribution in [0.3, 0.4) is 0 Å². The van der Waals surface area contributed by atoms with Crippen LogP contribution in [0.2, 0.25) is 0 Å². The van der Waals surface area contributed by atoms with Crippen molar-refractivity contribution in [1.82, 2.24) is 0 Å². The number of allylic oxidation sites excluding steroid dienone is 2. The lowest BCUT2D eigenvalue weighted by molar-refractivity contribution is -0.124. The van der Waals surface area contributed by atoms with Crippen LogP contribution in [0.1, 0.15) is 56.6 Å². The smallest absolute Gasteiger partial charge is 0.140 e. The van der Waals surface area contributed by atoms with E-state index >= 15 is 0 Å². The van der Waals surface area contributed by atoms with Gasteiger partial charge in [-0.1, -0.05) is 37.6 Å². The minimum atomic E-state index is -0.319. The first-order valence-corrected chi connectivity index (χ1v) is 9.79. The number of halogens is 2. The molecule has 0 aromatic heterocycles. The molecule has 27 heavy (non-hydrogen) atoms. The van der Waals surface area contributed by atoms with Gasteiger partial charge in [-0.25, -0.2) is 8.78 Å². The van der Waals surface area contributed by atoms with Gasteiger partial charge in [0.15, 0.2) is 0 Å². The Morgan fingerprint density at radius 1 is 1.00 bits per heavy atom. The van der Waals surface area contributed by atoms with Crippen molar-refractivity contribution < 1.29 is 13.6 Å². The molecular formula is C24H24F2O. The fourth-order valence-corrected chi connectivity index (χ4v) is 5.17. The molecule has 2 aromatic carbocycles. The summed E-state index contributed by atoms with van der Waals surface area (Å²) in [4.78, 5) is 13.2. The van der Waals surface area contributed by atoms with E-state index < -0.39 is 0 Å². The molecule has 0 unspecified atom stereocenters. The quantitative estimate of drug-likeness (QED) is 0.611. The molecule has 0 spiro atoms. The van der Waals surface area contributed by atoms with Crippen molar-refractivity contribution in [2.75, 3.05) is 0 Å². The van der Waals surface area contributed by atoms with Gasteiger partial charge in [0, 0.05) is 12.3 Å². The summed E-state index contributed by atoms with van der Waals surface area (Å²) < 4.78 is 27.9. The molecule has 0 N–H and O–H groups in total. The van der Waals surface area contributed by atoms with Crippen molar-refractivity contribution in [3.63, 3.8) is 0 Å². The van der Waals surface area contributed by atoms with Crippen LogP contribution in [0.5, 0.6) is 0 Å². The Morgan fingerprint density at radius 2 is 1.63 bits per heavy atom. The maximum absolute atomic E-state index is 14.0. The van der Waals surface area contributed by atoms with Gasteiger partial charge in [-0.15, -0.1) is 0 Å². The highest BCUT2D eigenvalue weighted by atomic mass is 19.1. The monoisotopic (exact) mass is 366 g/mol. The average molecular weight is 366 g/mol. The van der Waals surface area contributed by atoms with Crippen molar-refractivity contribution in [2.24, 2.45) is 11.3 Å². The Bertz CT molecular complexity index is 914. The minimum Gasteiger partial charge on any atom is -0.299 e. The van der Waals surface area contributed by atoms with Crippen LogP contribution in [0.15, 0.2) is 48.5 Å². The summed E-state index contributed by atoms with van der Waals surface area (Å²) >= 11 is 0. The molecule has 0 heterocycles. The first-order chi connectivity index (χ1) is 13.0. The SMILES string of the molecule is CC[C@]12CCC[C@H]1C(=O)CC(c1cccc(F)c1)=C(c1cccc(F)c1)C2. The largest absolute Gasteiger partial charge is 0.299 e. The molecule has 3 heteroatoms. The van der Waals surface area contributed by atoms with Gasteiger partial charge < -0.3 is 0 Å². The van der Waals surface area contributed by atoms with Crippen molar-refractivity contribution in [3.8, 4) is 0 Å². The lowest BCUT2D eigenvalue weighted by Crippen LogP contribution is -2.29. The zero-order valence-electron chi connectivity index (χ0n) is 15.6. The van der Waals surface area contributed by atoms with Crippen molar-refractivity contribution in [2.45, 2.75) is 45.4 Å². The van der Waals surface area contributed by atoms with Crippen molar-refractivity contribution in [1.29, 1.82) is 0 Å². The number of benzene rings is 2. The predicted molar refractivity (Wildman–Crippen MR) is 104 cm³/mol. The summed E-state index contributed by atoms with van der Waals surface area (Å²) in [7, 11) is 0. The van der Waals surface area contributed by atoms with Gasteiger partial charge in [0.2, 0.25) is 0 Å². The normalized spacial score (nSPS) is 25.4. The van der Waals surface area contributed by atoms with Gasteiger partial charge in [-0.05, 0) is 77.6 Å². The third-order valence-corrected chi connectivity index (χ3v) is 6.59. The average Bonchev–Trinajstić information content (AvgIpc) is 3.04. The van der Waals surface area contributed by atoms with Crippen LogP contribution in [0.4, 0.5) is 8.78 Å². The summed E-state index contributed by atoms with van der Waals surface area (Å²) in [5.74, 6) is -0.305. The van der Waals surface area contributed by atoms with E-state index in [1.165, 1.54) is 24.3 Å². The lowest BCUT2D eigenvalue weighted by Gasteiger charge is -2.33. The Morgan fingerprint density at radius 3 is 2.22 bits per heavy atom. The molecule has 1 saturated carbocycles. The number of carbonyl (C=O) groups excluding carboxylic acids is 1. The minimum absolute atomic E-state index is 0.0529. The molecule has 2 aliphatic carbocycles. The number of hydrogen-bond acceptors (Lipinski definition) is 1. The van der Waals surface area contributed by atoms with Gasteiger partial charge in [0.05, 0.1) is 0 Å². The molecule has 0 saturated heterocycles. The lowest BCUT2D eigenvalue weighted by atomic mass is 9.70. The van der Waals surface area contributed by atoms with E-state index in [9.17, 15) is 13.6 Å². The summed E-state index contributed by atoms with van der Waals surface area (Å²) in [6.45, 7) is 2.15. The first kappa shape index (κ1) is 18.1. The second-order valence-electron chi connectivity index (χ2n) is 7.96. The Kier molecular flexibility index (Phi) is 4.71. The molecule has 0 radical (unpaired) electrons. The maximum atomic E-state index is 14.0. The molecule has 140 valence electrons. The predicted octanol–water partition coefficient (Wildman–Crippen LogP) is 6.44. The summed E-state index contributed by atoms with van der Waals surface area (Å²) in [6, 6.07) is 13.0. The second-order valence-corrected chi connectivity index (χ2v) is 7.96. The zero-order valence-corrected chi connectivity index (χ0v) is 15.6. The Hall–Kier alpha value is -2.29. The van der Waals surface area contributed by atoms with Gasteiger partial charge in [-0.3, -0.25) is 4.79 Å². The van der Waals surface area contributed by atoms with Gasteiger partial charge in [0.25, 0.3) is 0 Å². The van der Waals surface area contributed by atoms with E-state index in [0.29, 0.717) is 6.42 Å². The summed E-state index contributed by atoms with van der Waals surface area (Å²) in [5.41, 5.74) is 3.33. The molecular weight excluding hydrogens is 342 g/mol. The molecule has 0 bridgehead atoms.